The van der Waals surface area contributed by atoms with E-state index in [1.807, 2.05) is 12.1 Å². The summed E-state index contributed by atoms with van der Waals surface area (Å²) >= 11 is 0. The number of nitrogens with zero attached hydrogens (tertiary/aromatic N) is 6. The molecule has 0 aliphatic carbocycles. The molecule has 1 atom stereocenters. The second kappa shape index (κ2) is 9.46. The smallest absolute Gasteiger partial charge is 0.160 e. The number of aromatic nitrogens is 6. The first kappa shape index (κ1) is 22.3. The summed E-state index contributed by atoms with van der Waals surface area (Å²) in [5.74, 6) is 1.39. The van der Waals surface area contributed by atoms with Crippen molar-refractivity contribution in [2.45, 2.75) is 32.1 Å². The van der Waals surface area contributed by atoms with Crippen LogP contribution in [-0.4, -0.2) is 42.6 Å². The van der Waals surface area contributed by atoms with E-state index in [2.05, 4.69) is 30.7 Å². The van der Waals surface area contributed by atoms with Crippen LogP contribution in [0.5, 0.6) is 11.5 Å². The molecule has 5 aromatic rings. The zero-order valence-corrected chi connectivity index (χ0v) is 19.8. The number of benzene rings is 1. The molecule has 4 aromatic heterocycles. The normalized spacial score (nSPS) is 16.2. The molecule has 10 heteroatoms. The quantitative estimate of drug-likeness (QED) is 0.363. The molecule has 1 fully saturated rings. The van der Waals surface area contributed by atoms with Crippen molar-refractivity contribution in [1.29, 1.82) is 0 Å². The number of fused-ring (bicyclic) bond motifs is 2. The fourth-order valence-electron chi connectivity index (χ4n) is 4.58. The van der Waals surface area contributed by atoms with Gasteiger partial charge in [-0.15, -0.1) is 0 Å². The summed E-state index contributed by atoms with van der Waals surface area (Å²) < 4.78 is 23.0. The maximum Gasteiger partial charge on any atom is 0.160 e. The van der Waals surface area contributed by atoms with Crippen LogP contribution in [-0.2, 0) is 0 Å². The average molecular weight is 485 g/mol. The Morgan fingerprint density at radius 2 is 2.00 bits per heavy atom. The van der Waals surface area contributed by atoms with E-state index >= 15 is 4.39 Å². The number of pyridine rings is 2. The van der Waals surface area contributed by atoms with Crippen molar-refractivity contribution in [2.24, 2.45) is 0 Å². The summed E-state index contributed by atoms with van der Waals surface area (Å²) in [5.41, 5.74) is 3.67. The third-order valence-electron chi connectivity index (χ3n) is 6.57. The van der Waals surface area contributed by atoms with Gasteiger partial charge in [-0.25, -0.2) is 28.8 Å². The van der Waals surface area contributed by atoms with Gasteiger partial charge in [-0.3, -0.25) is 0 Å². The van der Waals surface area contributed by atoms with E-state index < -0.39 is 5.82 Å². The molecule has 0 radical (unpaired) electrons. The molecule has 5 heterocycles. The fraction of sp³-hybridized carbons (Fsp3) is 0.269. The minimum Gasteiger partial charge on any atom is -0.457 e. The van der Waals surface area contributed by atoms with Crippen LogP contribution >= 0.6 is 0 Å². The molecule has 182 valence electrons. The standard InChI is InChI=1S/C26H25FN8O/c1-16-22(36-18-9-12-35-23(13-18)30-15-32-35)7-6-20(24(16)27)34-26-25-21(29-14-31-26)5-4-19(33-25)17-3-2-10-28-11-8-17/h4-7,9,12-15,17,28H,2-3,8,10-11H2,1H3,(H,29,31,34)/t17-/m0/s1. The summed E-state index contributed by atoms with van der Waals surface area (Å²) in [5, 5.41) is 10.6. The number of hydrogen-bond acceptors (Lipinski definition) is 8. The summed E-state index contributed by atoms with van der Waals surface area (Å²) in [7, 11) is 0. The predicted octanol–water partition coefficient (Wildman–Crippen LogP) is 4.91. The van der Waals surface area contributed by atoms with Gasteiger partial charge in [0.25, 0.3) is 0 Å². The molecule has 9 nitrogen and oxygen atoms in total. The molecule has 0 saturated carbocycles. The molecular weight excluding hydrogens is 459 g/mol. The topological polar surface area (TPSA) is 102 Å². The second-order valence-corrected chi connectivity index (χ2v) is 8.91. The predicted molar refractivity (Wildman–Crippen MR) is 134 cm³/mol. The van der Waals surface area contributed by atoms with Crippen LogP contribution in [0.4, 0.5) is 15.9 Å². The van der Waals surface area contributed by atoms with Gasteiger partial charge in [-0.1, -0.05) is 0 Å². The van der Waals surface area contributed by atoms with E-state index in [1.165, 1.54) is 12.7 Å². The third kappa shape index (κ3) is 4.31. The van der Waals surface area contributed by atoms with Crippen molar-refractivity contribution < 1.29 is 9.13 Å². The Morgan fingerprint density at radius 3 is 2.94 bits per heavy atom. The van der Waals surface area contributed by atoms with Crippen LogP contribution in [0.2, 0.25) is 0 Å². The van der Waals surface area contributed by atoms with Gasteiger partial charge < -0.3 is 15.4 Å². The van der Waals surface area contributed by atoms with Crippen LogP contribution in [0.3, 0.4) is 0 Å². The Kier molecular flexibility index (Phi) is 5.86. The molecule has 1 aliphatic heterocycles. The zero-order chi connectivity index (χ0) is 24.5. The SMILES string of the molecule is Cc1c(Oc2ccn3ncnc3c2)ccc(Nc2ncnc3ccc([C@H]4CCCNCC4)nc23)c1F. The van der Waals surface area contributed by atoms with E-state index in [9.17, 15) is 0 Å². The lowest BCUT2D eigenvalue weighted by molar-refractivity contribution is 0.471. The van der Waals surface area contributed by atoms with Crippen molar-refractivity contribution in [1.82, 2.24) is 34.9 Å². The Hall–Kier alpha value is -4.18. The molecule has 6 rings (SSSR count). The zero-order valence-electron chi connectivity index (χ0n) is 19.8. The summed E-state index contributed by atoms with van der Waals surface area (Å²) in [6.45, 7) is 3.69. The average Bonchev–Trinajstić information content (AvgIpc) is 3.20. The van der Waals surface area contributed by atoms with Crippen molar-refractivity contribution in [3.63, 3.8) is 0 Å². The molecule has 36 heavy (non-hydrogen) atoms. The fourth-order valence-corrected chi connectivity index (χ4v) is 4.58. The van der Waals surface area contributed by atoms with E-state index in [1.54, 1.807) is 41.9 Å². The molecule has 0 unspecified atom stereocenters. The van der Waals surface area contributed by atoms with Gasteiger partial charge in [-0.05, 0) is 69.6 Å². The van der Waals surface area contributed by atoms with E-state index in [-0.39, 0.29) is 0 Å². The summed E-state index contributed by atoms with van der Waals surface area (Å²) in [6.07, 6.45) is 7.91. The first-order valence-electron chi connectivity index (χ1n) is 12.0. The highest BCUT2D eigenvalue weighted by atomic mass is 19.1. The molecule has 1 saturated heterocycles. The maximum atomic E-state index is 15.4. The van der Waals surface area contributed by atoms with Gasteiger partial charge in [0.1, 0.15) is 29.7 Å². The largest absolute Gasteiger partial charge is 0.457 e. The molecule has 0 spiro atoms. The van der Waals surface area contributed by atoms with Gasteiger partial charge in [0.15, 0.2) is 17.3 Å². The summed E-state index contributed by atoms with van der Waals surface area (Å²) in [4.78, 5) is 17.8. The molecule has 0 amide bonds. The van der Waals surface area contributed by atoms with Gasteiger partial charge in [0, 0.05) is 29.4 Å². The highest BCUT2D eigenvalue weighted by molar-refractivity contribution is 5.87. The maximum absolute atomic E-state index is 15.4. The number of rotatable bonds is 5. The van der Waals surface area contributed by atoms with Crippen molar-refractivity contribution in [3.05, 3.63) is 72.3 Å². The third-order valence-corrected chi connectivity index (χ3v) is 6.57. The minimum atomic E-state index is -0.422. The Labute approximate surface area is 206 Å². The van der Waals surface area contributed by atoms with Crippen molar-refractivity contribution >= 4 is 28.2 Å². The lowest BCUT2D eigenvalue weighted by Crippen LogP contribution is -2.14. The molecule has 2 N–H and O–H groups in total. The molecular formula is C26H25FN8O. The number of hydrogen-bond donors (Lipinski definition) is 2. The van der Waals surface area contributed by atoms with E-state index in [0.717, 1.165) is 38.0 Å². The van der Waals surface area contributed by atoms with Crippen LogP contribution in [0, 0.1) is 12.7 Å². The first-order chi connectivity index (χ1) is 17.7. The molecule has 0 bridgehead atoms. The lowest BCUT2D eigenvalue weighted by atomic mass is 9.96. The first-order valence-corrected chi connectivity index (χ1v) is 12.0. The molecule has 1 aliphatic rings. The van der Waals surface area contributed by atoms with Crippen LogP contribution in [0.1, 0.15) is 36.4 Å². The Morgan fingerprint density at radius 1 is 1.06 bits per heavy atom. The number of ether oxygens (including phenoxy) is 1. The van der Waals surface area contributed by atoms with Gasteiger partial charge in [0.05, 0.1) is 11.2 Å². The summed E-state index contributed by atoms with van der Waals surface area (Å²) in [6, 6.07) is 10.9. The lowest BCUT2D eigenvalue weighted by Gasteiger charge is -2.16. The van der Waals surface area contributed by atoms with Crippen LogP contribution in [0.15, 0.2) is 55.2 Å². The number of anilines is 2. The Bertz CT molecular complexity index is 1540. The number of nitrogens with one attached hydrogen (secondary N) is 2. The van der Waals surface area contributed by atoms with E-state index in [0.29, 0.717) is 51.2 Å². The minimum absolute atomic E-state index is 0.290. The van der Waals surface area contributed by atoms with Crippen molar-refractivity contribution in [3.8, 4) is 11.5 Å². The van der Waals surface area contributed by atoms with Crippen molar-refractivity contribution in [2.75, 3.05) is 18.4 Å². The molecule has 1 aromatic carbocycles. The van der Waals surface area contributed by atoms with Gasteiger partial charge in [-0.2, -0.15) is 5.10 Å². The number of halogens is 1. The second-order valence-electron chi connectivity index (χ2n) is 8.91. The highest BCUT2D eigenvalue weighted by Gasteiger charge is 2.18. The van der Waals surface area contributed by atoms with Crippen LogP contribution in [0.25, 0.3) is 16.7 Å². The van der Waals surface area contributed by atoms with E-state index in [4.69, 9.17) is 9.72 Å². The Balaban J connectivity index is 1.28. The highest BCUT2D eigenvalue weighted by Crippen LogP contribution is 2.33. The van der Waals surface area contributed by atoms with Gasteiger partial charge >= 0.3 is 0 Å². The van der Waals surface area contributed by atoms with Gasteiger partial charge in [0.2, 0.25) is 0 Å². The monoisotopic (exact) mass is 484 g/mol. The van der Waals surface area contributed by atoms with Crippen LogP contribution < -0.4 is 15.4 Å².